The highest BCUT2D eigenvalue weighted by Crippen LogP contribution is 2.20. The number of aryl methyl sites for hydroxylation is 1. The summed E-state index contributed by atoms with van der Waals surface area (Å²) < 4.78 is 10.5. The molecule has 0 bridgehead atoms. The Labute approximate surface area is 80.9 Å². The van der Waals surface area contributed by atoms with Gasteiger partial charge in [0.05, 0.1) is 5.56 Å². The van der Waals surface area contributed by atoms with Gasteiger partial charge in [0.1, 0.15) is 12.0 Å². The van der Waals surface area contributed by atoms with Gasteiger partial charge < -0.3 is 14.6 Å². The molecular formula is C9H11N3O2. The summed E-state index contributed by atoms with van der Waals surface area (Å²) in [5.41, 5.74) is 6.17. The Kier molecular flexibility index (Phi) is 2.32. The van der Waals surface area contributed by atoms with Crippen molar-refractivity contribution in [3.63, 3.8) is 0 Å². The molecular weight excluding hydrogens is 182 g/mol. The second kappa shape index (κ2) is 3.63. The molecule has 2 N–H and O–H groups in total. The zero-order valence-corrected chi connectivity index (χ0v) is 7.86. The van der Waals surface area contributed by atoms with E-state index in [1.165, 1.54) is 0 Å². The van der Waals surface area contributed by atoms with Gasteiger partial charge in [-0.2, -0.15) is 0 Å². The van der Waals surface area contributed by atoms with Crippen LogP contribution in [-0.4, -0.2) is 16.7 Å². The summed E-state index contributed by atoms with van der Waals surface area (Å²) in [7, 11) is 0. The van der Waals surface area contributed by atoms with Gasteiger partial charge in [0.2, 0.25) is 5.89 Å². The van der Waals surface area contributed by atoms with E-state index in [9.17, 15) is 0 Å². The van der Waals surface area contributed by atoms with Crippen molar-refractivity contribution in [2.24, 2.45) is 5.73 Å². The molecule has 0 aliphatic carbocycles. The number of nitrogens with two attached hydrogens (primary N) is 1. The van der Waals surface area contributed by atoms with Crippen LogP contribution in [0.2, 0.25) is 0 Å². The predicted molar refractivity (Wildman–Crippen MR) is 49.5 cm³/mol. The topological polar surface area (TPSA) is 78.1 Å². The van der Waals surface area contributed by atoms with Gasteiger partial charge in [-0.05, 0) is 13.0 Å². The lowest BCUT2D eigenvalue weighted by atomic mass is 10.3. The van der Waals surface area contributed by atoms with E-state index in [2.05, 4.69) is 10.2 Å². The molecule has 14 heavy (non-hydrogen) atoms. The molecule has 2 aromatic rings. The van der Waals surface area contributed by atoms with Crippen LogP contribution in [0.15, 0.2) is 21.2 Å². The monoisotopic (exact) mass is 193 g/mol. The van der Waals surface area contributed by atoms with Gasteiger partial charge in [0.15, 0.2) is 0 Å². The highest BCUT2D eigenvalue weighted by molar-refractivity contribution is 5.50. The number of hydrogen-bond donors (Lipinski definition) is 1. The lowest BCUT2D eigenvalue weighted by Crippen LogP contribution is -2.02. The summed E-state index contributed by atoms with van der Waals surface area (Å²) in [5, 5.41) is 7.74. The lowest BCUT2D eigenvalue weighted by molar-refractivity contribution is 0.504. The van der Waals surface area contributed by atoms with Crippen LogP contribution in [0.5, 0.6) is 0 Å². The van der Waals surface area contributed by atoms with Gasteiger partial charge >= 0.3 is 0 Å². The van der Waals surface area contributed by atoms with Crippen molar-refractivity contribution in [1.29, 1.82) is 0 Å². The maximum atomic E-state index is 5.37. The van der Waals surface area contributed by atoms with Crippen molar-refractivity contribution in [3.8, 4) is 11.5 Å². The molecule has 0 unspecified atom stereocenters. The van der Waals surface area contributed by atoms with Gasteiger partial charge in [-0.25, -0.2) is 0 Å². The van der Waals surface area contributed by atoms with Crippen molar-refractivity contribution >= 4 is 0 Å². The van der Waals surface area contributed by atoms with E-state index in [0.717, 1.165) is 11.3 Å². The van der Waals surface area contributed by atoms with Crippen molar-refractivity contribution in [1.82, 2.24) is 10.2 Å². The highest BCUT2D eigenvalue weighted by atomic mass is 16.4. The summed E-state index contributed by atoms with van der Waals surface area (Å²) in [5.74, 6) is 1.85. The molecule has 5 heteroatoms. The first kappa shape index (κ1) is 8.96. The van der Waals surface area contributed by atoms with Gasteiger partial charge in [0, 0.05) is 13.0 Å². The molecule has 0 spiro atoms. The van der Waals surface area contributed by atoms with E-state index in [0.29, 0.717) is 24.7 Å². The fourth-order valence-corrected chi connectivity index (χ4v) is 1.15. The van der Waals surface area contributed by atoms with Gasteiger partial charge in [0.25, 0.3) is 5.89 Å². The smallest absolute Gasteiger partial charge is 0.250 e. The average Bonchev–Trinajstić information content (AvgIpc) is 2.74. The molecule has 74 valence electrons. The summed E-state index contributed by atoms with van der Waals surface area (Å²) in [6.07, 6.45) is 2.19. The molecule has 2 rings (SSSR count). The Morgan fingerprint density at radius 3 is 2.93 bits per heavy atom. The van der Waals surface area contributed by atoms with Crippen LogP contribution >= 0.6 is 0 Å². The van der Waals surface area contributed by atoms with Crippen LogP contribution < -0.4 is 5.73 Å². The summed E-state index contributed by atoms with van der Waals surface area (Å²) >= 11 is 0. The molecule has 5 nitrogen and oxygen atoms in total. The molecule has 2 heterocycles. The SMILES string of the molecule is Cc1cc(-c2nnc(CCN)o2)co1. The Balaban J connectivity index is 2.24. The highest BCUT2D eigenvalue weighted by Gasteiger charge is 2.09. The second-order valence-corrected chi connectivity index (χ2v) is 2.99. The van der Waals surface area contributed by atoms with Gasteiger partial charge in [-0.3, -0.25) is 0 Å². The van der Waals surface area contributed by atoms with E-state index in [-0.39, 0.29) is 0 Å². The minimum atomic E-state index is 0.477. The van der Waals surface area contributed by atoms with Gasteiger partial charge in [-0.15, -0.1) is 10.2 Å². The number of hydrogen-bond acceptors (Lipinski definition) is 5. The first-order valence-corrected chi connectivity index (χ1v) is 4.37. The minimum absolute atomic E-state index is 0.477. The van der Waals surface area contributed by atoms with Crippen molar-refractivity contribution < 1.29 is 8.83 Å². The van der Waals surface area contributed by atoms with Crippen LogP contribution in [0.25, 0.3) is 11.5 Å². The fraction of sp³-hybridized carbons (Fsp3) is 0.333. The molecule has 0 radical (unpaired) electrons. The van der Waals surface area contributed by atoms with E-state index in [1.807, 2.05) is 13.0 Å². The molecule has 0 aliphatic heterocycles. The summed E-state index contributed by atoms with van der Waals surface area (Å²) in [6, 6.07) is 1.85. The summed E-state index contributed by atoms with van der Waals surface area (Å²) in [4.78, 5) is 0. The predicted octanol–water partition coefficient (Wildman–Crippen LogP) is 1.14. The number of nitrogens with zero attached hydrogens (tertiary/aromatic N) is 2. The largest absolute Gasteiger partial charge is 0.469 e. The third kappa shape index (κ3) is 1.67. The van der Waals surface area contributed by atoms with E-state index < -0.39 is 0 Å². The third-order valence-corrected chi connectivity index (χ3v) is 1.80. The lowest BCUT2D eigenvalue weighted by Gasteiger charge is -1.86. The van der Waals surface area contributed by atoms with E-state index in [4.69, 9.17) is 14.6 Å². The molecule has 2 aromatic heterocycles. The van der Waals surface area contributed by atoms with Gasteiger partial charge in [-0.1, -0.05) is 0 Å². The minimum Gasteiger partial charge on any atom is -0.469 e. The second-order valence-electron chi connectivity index (χ2n) is 2.99. The van der Waals surface area contributed by atoms with Crippen LogP contribution in [0, 0.1) is 6.92 Å². The first-order valence-electron chi connectivity index (χ1n) is 4.37. The fourth-order valence-electron chi connectivity index (χ4n) is 1.15. The zero-order valence-electron chi connectivity index (χ0n) is 7.86. The quantitative estimate of drug-likeness (QED) is 0.790. The standard InChI is InChI=1S/C9H11N3O2/c1-6-4-7(5-13-6)9-12-11-8(14-9)2-3-10/h4-5H,2-3,10H2,1H3. The first-order chi connectivity index (χ1) is 6.79. The zero-order chi connectivity index (χ0) is 9.97. The van der Waals surface area contributed by atoms with Crippen LogP contribution in [0.3, 0.4) is 0 Å². The Hall–Kier alpha value is -1.62. The molecule has 0 saturated carbocycles. The molecule has 0 saturated heterocycles. The van der Waals surface area contributed by atoms with Crippen molar-refractivity contribution in [2.75, 3.05) is 6.54 Å². The number of aromatic nitrogens is 2. The maximum absolute atomic E-state index is 5.37. The summed E-state index contributed by atoms with van der Waals surface area (Å²) in [6.45, 7) is 2.37. The van der Waals surface area contributed by atoms with Crippen molar-refractivity contribution in [3.05, 3.63) is 24.0 Å². The van der Waals surface area contributed by atoms with E-state index >= 15 is 0 Å². The van der Waals surface area contributed by atoms with Crippen LogP contribution in [0.1, 0.15) is 11.7 Å². The number of furan rings is 1. The Morgan fingerprint density at radius 1 is 1.43 bits per heavy atom. The molecule has 0 aromatic carbocycles. The van der Waals surface area contributed by atoms with Crippen molar-refractivity contribution in [2.45, 2.75) is 13.3 Å². The number of rotatable bonds is 3. The Bertz CT molecular complexity index is 419. The van der Waals surface area contributed by atoms with E-state index in [1.54, 1.807) is 6.26 Å². The molecule has 0 fully saturated rings. The molecule has 0 atom stereocenters. The normalized spacial score (nSPS) is 10.7. The molecule has 0 aliphatic rings. The van der Waals surface area contributed by atoms with Crippen LogP contribution in [0.4, 0.5) is 0 Å². The van der Waals surface area contributed by atoms with Crippen LogP contribution in [-0.2, 0) is 6.42 Å². The molecule has 0 amide bonds. The Morgan fingerprint density at radius 2 is 2.29 bits per heavy atom. The maximum Gasteiger partial charge on any atom is 0.250 e. The third-order valence-electron chi connectivity index (χ3n) is 1.80. The average molecular weight is 193 g/mol.